The number of amides is 1. The van der Waals surface area contributed by atoms with Gasteiger partial charge in [0.15, 0.2) is 0 Å². The van der Waals surface area contributed by atoms with E-state index in [9.17, 15) is 9.59 Å². The zero-order valence-corrected chi connectivity index (χ0v) is 17.9. The van der Waals surface area contributed by atoms with Gasteiger partial charge in [0, 0.05) is 24.5 Å². The summed E-state index contributed by atoms with van der Waals surface area (Å²) in [5.41, 5.74) is 2.58. The van der Waals surface area contributed by atoms with Crippen molar-refractivity contribution >= 4 is 11.4 Å². The molecule has 0 atom stereocenters. The topological polar surface area (TPSA) is 86.9 Å². The highest BCUT2D eigenvalue weighted by atomic mass is 16.5. The number of aromatic nitrogens is 3. The van der Waals surface area contributed by atoms with Gasteiger partial charge in [0.25, 0.3) is 5.56 Å². The lowest BCUT2D eigenvalue weighted by molar-refractivity contribution is -0.121. The molecule has 0 aliphatic heterocycles. The maximum Gasteiger partial charge on any atom is 0.277 e. The van der Waals surface area contributed by atoms with Crippen molar-refractivity contribution in [2.45, 2.75) is 20.0 Å². The molecule has 0 spiro atoms. The molecule has 164 valence electrons. The number of rotatable bonds is 8. The Morgan fingerprint density at radius 3 is 2.62 bits per heavy atom. The van der Waals surface area contributed by atoms with E-state index in [1.54, 1.807) is 25.6 Å². The van der Waals surface area contributed by atoms with Crippen molar-refractivity contribution in [2.24, 2.45) is 0 Å². The van der Waals surface area contributed by atoms with Crippen LogP contribution in [0.2, 0.25) is 0 Å². The summed E-state index contributed by atoms with van der Waals surface area (Å²) in [6.07, 6.45) is 3.24. The molecule has 4 aromatic rings. The van der Waals surface area contributed by atoms with Crippen molar-refractivity contribution in [3.8, 4) is 22.8 Å². The Kier molecular flexibility index (Phi) is 6.21. The zero-order valence-electron chi connectivity index (χ0n) is 17.9. The Morgan fingerprint density at radius 1 is 1.06 bits per heavy atom. The van der Waals surface area contributed by atoms with Crippen LogP contribution in [0.3, 0.4) is 0 Å². The summed E-state index contributed by atoms with van der Waals surface area (Å²) in [5.74, 6) is 1.25. The summed E-state index contributed by atoms with van der Waals surface area (Å²) in [5, 5.41) is 7.31. The van der Waals surface area contributed by atoms with E-state index >= 15 is 0 Å². The highest BCUT2D eigenvalue weighted by molar-refractivity contribution is 5.76. The number of ether oxygens (including phenoxy) is 2. The summed E-state index contributed by atoms with van der Waals surface area (Å²) in [6, 6.07) is 16.7. The van der Waals surface area contributed by atoms with Crippen LogP contribution in [0.25, 0.3) is 16.8 Å². The standard InChI is InChI=1S/C24H24N4O4/c1-3-32-19-9-7-18(8-10-19)21-14-22-24(30)27(11-12-28(22)26-21)16-23(29)25-15-17-5-4-6-20(13-17)31-2/h4-14H,3,15-16H2,1-2H3,(H,25,29). The van der Waals surface area contributed by atoms with Crippen LogP contribution in [0.5, 0.6) is 11.5 Å². The fourth-order valence-corrected chi connectivity index (χ4v) is 3.37. The van der Waals surface area contributed by atoms with Crippen LogP contribution in [-0.2, 0) is 17.9 Å². The van der Waals surface area contributed by atoms with Crippen LogP contribution in [0.1, 0.15) is 12.5 Å². The number of nitrogens with one attached hydrogen (secondary N) is 1. The normalized spacial score (nSPS) is 10.8. The van der Waals surface area contributed by atoms with Crippen LogP contribution in [-0.4, -0.2) is 33.8 Å². The molecular weight excluding hydrogens is 408 g/mol. The second kappa shape index (κ2) is 9.38. The molecule has 0 radical (unpaired) electrons. The first-order valence-corrected chi connectivity index (χ1v) is 10.3. The van der Waals surface area contributed by atoms with Crippen LogP contribution >= 0.6 is 0 Å². The predicted molar refractivity (Wildman–Crippen MR) is 121 cm³/mol. The van der Waals surface area contributed by atoms with Gasteiger partial charge in [0.2, 0.25) is 5.91 Å². The largest absolute Gasteiger partial charge is 0.497 e. The third kappa shape index (κ3) is 4.64. The van der Waals surface area contributed by atoms with Gasteiger partial charge in [-0.05, 0) is 55.0 Å². The van der Waals surface area contributed by atoms with Gasteiger partial charge in [-0.3, -0.25) is 9.59 Å². The van der Waals surface area contributed by atoms with E-state index in [2.05, 4.69) is 10.4 Å². The van der Waals surface area contributed by atoms with Gasteiger partial charge in [-0.2, -0.15) is 5.10 Å². The number of carbonyl (C=O) groups excluding carboxylic acids is 1. The third-order valence-corrected chi connectivity index (χ3v) is 5.00. The molecule has 2 aromatic heterocycles. The van der Waals surface area contributed by atoms with E-state index in [-0.39, 0.29) is 18.0 Å². The van der Waals surface area contributed by atoms with Crippen LogP contribution < -0.4 is 20.3 Å². The maximum absolute atomic E-state index is 12.9. The molecule has 0 bridgehead atoms. The Morgan fingerprint density at radius 2 is 1.88 bits per heavy atom. The Labute approximate surface area is 185 Å². The fourth-order valence-electron chi connectivity index (χ4n) is 3.37. The van der Waals surface area contributed by atoms with Gasteiger partial charge in [0.05, 0.1) is 19.4 Å². The van der Waals surface area contributed by atoms with Crippen LogP contribution in [0, 0.1) is 0 Å². The number of fused-ring (bicyclic) bond motifs is 1. The predicted octanol–water partition coefficient (Wildman–Crippen LogP) is 2.89. The lowest BCUT2D eigenvalue weighted by Gasteiger charge is -2.08. The number of hydrogen-bond acceptors (Lipinski definition) is 5. The minimum absolute atomic E-state index is 0.0805. The minimum Gasteiger partial charge on any atom is -0.497 e. The quantitative estimate of drug-likeness (QED) is 0.463. The SMILES string of the molecule is CCOc1ccc(-c2cc3c(=O)n(CC(=O)NCc4cccc(OC)c4)ccn3n2)cc1. The molecule has 2 heterocycles. The van der Waals surface area contributed by atoms with Crippen molar-refractivity contribution in [2.75, 3.05) is 13.7 Å². The van der Waals surface area contributed by atoms with Crippen molar-refractivity contribution in [1.82, 2.24) is 19.5 Å². The third-order valence-electron chi connectivity index (χ3n) is 5.00. The highest BCUT2D eigenvalue weighted by Crippen LogP contribution is 2.22. The summed E-state index contributed by atoms with van der Waals surface area (Å²) in [6.45, 7) is 2.80. The molecule has 32 heavy (non-hydrogen) atoms. The first-order chi connectivity index (χ1) is 15.6. The van der Waals surface area contributed by atoms with Gasteiger partial charge in [-0.1, -0.05) is 12.1 Å². The average molecular weight is 432 g/mol. The monoisotopic (exact) mass is 432 g/mol. The van der Waals surface area contributed by atoms with E-state index in [1.807, 2.05) is 55.5 Å². The molecule has 8 heteroatoms. The first kappa shape index (κ1) is 21.2. The Bertz CT molecular complexity index is 1290. The van der Waals surface area contributed by atoms with E-state index in [0.29, 0.717) is 24.4 Å². The van der Waals surface area contributed by atoms with Crippen molar-refractivity contribution < 1.29 is 14.3 Å². The number of nitrogens with zero attached hydrogens (tertiary/aromatic N) is 3. The molecule has 1 N–H and O–H groups in total. The van der Waals surface area contributed by atoms with Crippen molar-refractivity contribution in [3.05, 3.63) is 82.9 Å². The molecule has 0 aliphatic carbocycles. The lowest BCUT2D eigenvalue weighted by Crippen LogP contribution is -2.32. The van der Waals surface area contributed by atoms with E-state index in [4.69, 9.17) is 9.47 Å². The molecular formula is C24H24N4O4. The number of benzene rings is 2. The van der Waals surface area contributed by atoms with E-state index in [0.717, 1.165) is 22.6 Å². The van der Waals surface area contributed by atoms with Crippen molar-refractivity contribution in [3.63, 3.8) is 0 Å². The highest BCUT2D eigenvalue weighted by Gasteiger charge is 2.11. The molecule has 0 aliphatic rings. The zero-order chi connectivity index (χ0) is 22.5. The molecule has 0 unspecified atom stereocenters. The second-order valence-electron chi connectivity index (χ2n) is 7.18. The lowest BCUT2D eigenvalue weighted by atomic mass is 10.1. The summed E-state index contributed by atoms with van der Waals surface area (Å²) >= 11 is 0. The van der Waals surface area contributed by atoms with Crippen LogP contribution in [0.15, 0.2) is 71.8 Å². The van der Waals surface area contributed by atoms with Gasteiger partial charge in [-0.15, -0.1) is 0 Å². The molecule has 1 amide bonds. The Hall–Kier alpha value is -4.07. The van der Waals surface area contributed by atoms with Gasteiger partial charge in [0.1, 0.15) is 23.6 Å². The summed E-state index contributed by atoms with van der Waals surface area (Å²) in [4.78, 5) is 25.3. The summed E-state index contributed by atoms with van der Waals surface area (Å²) in [7, 11) is 1.60. The van der Waals surface area contributed by atoms with Crippen molar-refractivity contribution in [1.29, 1.82) is 0 Å². The number of hydrogen-bond donors (Lipinski definition) is 1. The van der Waals surface area contributed by atoms with E-state index < -0.39 is 0 Å². The molecule has 0 fully saturated rings. The van der Waals surface area contributed by atoms with Gasteiger partial charge in [-0.25, -0.2) is 4.52 Å². The van der Waals surface area contributed by atoms with E-state index in [1.165, 1.54) is 9.08 Å². The molecule has 0 saturated carbocycles. The Balaban J connectivity index is 1.48. The minimum atomic E-state index is -0.284. The number of carbonyl (C=O) groups is 1. The second-order valence-corrected chi connectivity index (χ2v) is 7.18. The van der Waals surface area contributed by atoms with Crippen LogP contribution in [0.4, 0.5) is 0 Å². The van der Waals surface area contributed by atoms with Gasteiger partial charge >= 0.3 is 0 Å². The molecule has 4 rings (SSSR count). The number of methoxy groups -OCH3 is 1. The fraction of sp³-hybridized carbons (Fsp3) is 0.208. The average Bonchev–Trinajstić information content (AvgIpc) is 3.26. The molecule has 2 aromatic carbocycles. The van der Waals surface area contributed by atoms with Gasteiger partial charge < -0.3 is 19.4 Å². The molecule has 0 saturated heterocycles. The molecule has 8 nitrogen and oxygen atoms in total. The maximum atomic E-state index is 12.9. The summed E-state index contributed by atoms with van der Waals surface area (Å²) < 4.78 is 13.6. The first-order valence-electron chi connectivity index (χ1n) is 10.3. The smallest absolute Gasteiger partial charge is 0.277 e.